The highest BCUT2D eigenvalue weighted by atomic mass is 127. The van der Waals surface area contributed by atoms with Gasteiger partial charge in [-0.05, 0) is 13.8 Å². The molecular weight excluding hydrogens is 361 g/mol. The van der Waals surface area contributed by atoms with E-state index in [1.807, 2.05) is 13.8 Å². The Morgan fingerprint density at radius 1 is 1.37 bits per heavy atom. The predicted molar refractivity (Wildman–Crippen MR) is 83.8 cm³/mol. The van der Waals surface area contributed by atoms with Crippen LogP contribution in [0.2, 0.25) is 0 Å². The van der Waals surface area contributed by atoms with Crippen molar-refractivity contribution in [3.8, 4) is 0 Å². The van der Waals surface area contributed by atoms with Crippen LogP contribution in [0.25, 0.3) is 0 Å². The van der Waals surface area contributed by atoms with Gasteiger partial charge < -0.3 is 19.9 Å². The zero-order valence-electron chi connectivity index (χ0n) is 11.6. The van der Waals surface area contributed by atoms with Crippen LogP contribution in [0.15, 0.2) is 9.52 Å². The van der Waals surface area contributed by atoms with Crippen molar-refractivity contribution in [1.82, 2.24) is 20.8 Å². The van der Waals surface area contributed by atoms with E-state index in [2.05, 4.69) is 25.8 Å². The molecule has 0 aliphatic rings. The maximum absolute atomic E-state index is 5.24. The summed E-state index contributed by atoms with van der Waals surface area (Å²) in [7, 11) is 0. The molecule has 1 aromatic rings. The van der Waals surface area contributed by atoms with Gasteiger partial charge in [0.05, 0.1) is 6.61 Å². The minimum atomic E-state index is 0. The third-order valence-corrected chi connectivity index (χ3v) is 2.04. The smallest absolute Gasteiger partial charge is 0.223 e. The Bertz CT molecular complexity index is 370. The molecule has 1 rings (SSSR count). The van der Waals surface area contributed by atoms with Crippen LogP contribution >= 0.6 is 24.0 Å². The first-order valence-corrected chi connectivity index (χ1v) is 6.15. The quantitative estimate of drug-likeness (QED) is 0.317. The summed E-state index contributed by atoms with van der Waals surface area (Å²) in [5.74, 6) is 1.85. The molecule has 0 bridgehead atoms. The van der Waals surface area contributed by atoms with Crippen molar-refractivity contribution in [3.63, 3.8) is 0 Å². The number of hydrogen-bond donors (Lipinski definition) is 2. The number of halogens is 1. The Morgan fingerprint density at radius 2 is 2.16 bits per heavy atom. The maximum Gasteiger partial charge on any atom is 0.223 e. The molecule has 0 radical (unpaired) electrons. The zero-order valence-corrected chi connectivity index (χ0v) is 13.9. The molecule has 0 amide bonds. The SMILES string of the molecule is CCNC(=NCc1noc(C)n1)NCCOCC.I. The van der Waals surface area contributed by atoms with Gasteiger partial charge in [-0.15, -0.1) is 24.0 Å². The van der Waals surface area contributed by atoms with E-state index in [-0.39, 0.29) is 24.0 Å². The van der Waals surface area contributed by atoms with Crippen LogP contribution in [-0.4, -0.2) is 42.4 Å². The van der Waals surface area contributed by atoms with Gasteiger partial charge in [0.15, 0.2) is 11.8 Å². The third-order valence-electron chi connectivity index (χ3n) is 2.04. The van der Waals surface area contributed by atoms with E-state index in [4.69, 9.17) is 9.26 Å². The van der Waals surface area contributed by atoms with E-state index in [0.717, 1.165) is 19.1 Å². The Kier molecular flexibility index (Phi) is 10.5. The van der Waals surface area contributed by atoms with Gasteiger partial charge in [0.2, 0.25) is 5.89 Å². The predicted octanol–water partition coefficient (Wildman–Crippen LogP) is 1.09. The number of rotatable bonds is 7. The summed E-state index contributed by atoms with van der Waals surface area (Å²) in [6.07, 6.45) is 0. The van der Waals surface area contributed by atoms with Crippen LogP contribution in [0.5, 0.6) is 0 Å². The van der Waals surface area contributed by atoms with Crippen molar-refractivity contribution in [2.75, 3.05) is 26.3 Å². The van der Waals surface area contributed by atoms with Crippen LogP contribution in [0.3, 0.4) is 0 Å². The molecule has 1 heterocycles. The van der Waals surface area contributed by atoms with E-state index in [1.165, 1.54) is 0 Å². The highest BCUT2D eigenvalue weighted by molar-refractivity contribution is 14.0. The zero-order chi connectivity index (χ0) is 13.2. The van der Waals surface area contributed by atoms with Gasteiger partial charge >= 0.3 is 0 Å². The molecule has 0 saturated heterocycles. The lowest BCUT2D eigenvalue weighted by Crippen LogP contribution is -2.39. The molecule has 19 heavy (non-hydrogen) atoms. The molecule has 0 aliphatic heterocycles. The number of guanidine groups is 1. The molecule has 0 aromatic carbocycles. The van der Waals surface area contributed by atoms with E-state index >= 15 is 0 Å². The Hall–Kier alpha value is -0.900. The van der Waals surface area contributed by atoms with Gasteiger partial charge in [0.1, 0.15) is 6.54 Å². The molecule has 2 N–H and O–H groups in total. The standard InChI is InChI=1S/C11H21N5O2.HI/c1-4-12-11(13-6-7-17-5-2)14-8-10-15-9(3)18-16-10;/h4-8H2,1-3H3,(H2,12,13,14);1H. The number of aryl methyl sites for hydroxylation is 1. The van der Waals surface area contributed by atoms with Crippen molar-refractivity contribution in [2.45, 2.75) is 27.3 Å². The number of nitrogens with zero attached hydrogens (tertiary/aromatic N) is 3. The molecule has 0 atom stereocenters. The maximum atomic E-state index is 5.24. The molecule has 0 spiro atoms. The largest absolute Gasteiger partial charge is 0.380 e. The first-order valence-electron chi connectivity index (χ1n) is 6.15. The van der Waals surface area contributed by atoms with Gasteiger partial charge in [0.25, 0.3) is 0 Å². The van der Waals surface area contributed by atoms with E-state index < -0.39 is 0 Å². The van der Waals surface area contributed by atoms with Crippen molar-refractivity contribution in [3.05, 3.63) is 11.7 Å². The number of hydrogen-bond acceptors (Lipinski definition) is 5. The lowest BCUT2D eigenvalue weighted by atomic mass is 10.6. The summed E-state index contributed by atoms with van der Waals surface area (Å²) in [4.78, 5) is 8.44. The first kappa shape index (κ1) is 18.1. The average molecular weight is 383 g/mol. The summed E-state index contributed by atoms with van der Waals surface area (Å²) < 4.78 is 10.1. The fourth-order valence-corrected chi connectivity index (χ4v) is 1.28. The molecule has 1 aromatic heterocycles. The van der Waals surface area contributed by atoms with Crippen LogP contribution in [-0.2, 0) is 11.3 Å². The molecule has 0 fully saturated rings. The van der Waals surface area contributed by atoms with E-state index in [1.54, 1.807) is 6.92 Å². The first-order chi connectivity index (χ1) is 8.76. The second-order valence-corrected chi connectivity index (χ2v) is 3.55. The number of aromatic nitrogens is 2. The molecule has 110 valence electrons. The highest BCUT2D eigenvalue weighted by Crippen LogP contribution is 1.96. The highest BCUT2D eigenvalue weighted by Gasteiger charge is 2.02. The second kappa shape index (κ2) is 11.0. The molecule has 0 aliphatic carbocycles. The van der Waals surface area contributed by atoms with Crippen molar-refractivity contribution < 1.29 is 9.26 Å². The van der Waals surface area contributed by atoms with Crippen LogP contribution < -0.4 is 10.6 Å². The van der Waals surface area contributed by atoms with Gasteiger partial charge in [0, 0.05) is 26.6 Å². The van der Waals surface area contributed by atoms with Gasteiger partial charge in [-0.3, -0.25) is 0 Å². The van der Waals surface area contributed by atoms with Gasteiger partial charge in [-0.2, -0.15) is 4.98 Å². The number of nitrogens with one attached hydrogen (secondary N) is 2. The third kappa shape index (κ3) is 7.98. The summed E-state index contributed by atoms with van der Waals surface area (Å²) in [5, 5.41) is 10.1. The molecule has 0 saturated carbocycles. The Balaban J connectivity index is 0.00000324. The van der Waals surface area contributed by atoms with Crippen molar-refractivity contribution >= 4 is 29.9 Å². The van der Waals surface area contributed by atoms with Crippen molar-refractivity contribution in [1.29, 1.82) is 0 Å². The minimum absolute atomic E-state index is 0. The number of ether oxygens (including phenoxy) is 1. The molecule has 8 heteroatoms. The average Bonchev–Trinajstić information content (AvgIpc) is 2.77. The van der Waals surface area contributed by atoms with E-state index in [9.17, 15) is 0 Å². The van der Waals surface area contributed by atoms with Gasteiger partial charge in [-0.25, -0.2) is 4.99 Å². The second-order valence-electron chi connectivity index (χ2n) is 3.55. The fraction of sp³-hybridized carbons (Fsp3) is 0.727. The lowest BCUT2D eigenvalue weighted by molar-refractivity contribution is 0.152. The summed E-state index contributed by atoms with van der Waals surface area (Å²) in [5.41, 5.74) is 0. The summed E-state index contributed by atoms with van der Waals surface area (Å²) in [6.45, 7) is 9.01. The minimum Gasteiger partial charge on any atom is -0.380 e. The molecular formula is C11H22IN5O2. The van der Waals surface area contributed by atoms with Gasteiger partial charge in [-0.1, -0.05) is 5.16 Å². The number of aliphatic imine (C=N–C) groups is 1. The fourth-order valence-electron chi connectivity index (χ4n) is 1.28. The summed E-state index contributed by atoms with van der Waals surface area (Å²) in [6, 6.07) is 0. The monoisotopic (exact) mass is 383 g/mol. The lowest BCUT2D eigenvalue weighted by Gasteiger charge is -2.10. The van der Waals surface area contributed by atoms with E-state index in [0.29, 0.717) is 31.4 Å². The normalized spacial score (nSPS) is 11.0. The van der Waals surface area contributed by atoms with Crippen LogP contribution in [0.1, 0.15) is 25.6 Å². The Morgan fingerprint density at radius 3 is 2.74 bits per heavy atom. The summed E-state index contributed by atoms with van der Waals surface area (Å²) >= 11 is 0. The Labute approximate surface area is 130 Å². The topological polar surface area (TPSA) is 84.6 Å². The van der Waals surface area contributed by atoms with Crippen LogP contribution in [0, 0.1) is 6.92 Å². The van der Waals surface area contributed by atoms with Crippen molar-refractivity contribution in [2.24, 2.45) is 4.99 Å². The molecule has 7 nitrogen and oxygen atoms in total. The van der Waals surface area contributed by atoms with Crippen LogP contribution in [0.4, 0.5) is 0 Å². The molecule has 0 unspecified atom stereocenters.